The van der Waals surface area contributed by atoms with Crippen LogP contribution in [-0.4, -0.2) is 11.2 Å². The first kappa shape index (κ1) is 18.3. The van der Waals surface area contributed by atoms with E-state index in [1.165, 1.54) is 17.4 Å². The number of aromatic nitrogens is 1. The molecule has 0 aliphatic carbocycles. The minimum atomic E-state index is -0.424. The third-order valence-corrected chi connectivity index (χ3v) is 5.16. The van der Waals surface area contributed by atoms with Crippen LogP contribution in [-0.2, 0) is 0 Å². The number of halogens is 2. The number of benzene rings is 3. The Bertz CT molecular complexity index is 1110. The van der Waals surface area contributed by atoms with Crippen LogP contribution in [0.2, 0.25) is 5.02 Å². The van der Waals surface area contributed by atoms with Gasteiger partial charge in [-0.1, -0.05) is 72.3 Å². The molecule has 138 valence electrons. The molecular weight excluding hydrogens is 393 g/mol. The molecule has 0 radical (unpaired) electrons. The average molecular weight is 408 g/mol. The predicted octanol–water partition coefficient (Wildman–Crippen LogP) is 6.72. The summed E-state index contributed by atoms with van der Waals surface area (Å²) in [6.07, 6.45) is 1.72. The van der Waals surface area contributed by atoms with Crippen molar-refractivity contribution in [2.75, 3.05) is 5.43 Å². The summed E-state index contributed by atoms with van der Waals surface area (Å²) in [5.41, 5.74) is 7.56. The molecule has 0 fully saturated rings. The molecule has 0 saturated heterocycles. The average Bonchev–Trinajstić information content (AvgIpc) is 3.20. The van der Waals surface area contributed by atoms with Crippen molar-refractivity contribution < 1.29 is 4.39 Å². The third kappa shape index (κ3) is 4.27. The van der Waals surface area contributed by atoms with E-state index in [1.807, 2.05) is 60.0 Å². The molecule has 6 heteroatoms. The highest BCUT2D eigenvalue weighted by Crippen LogP contribution is 2.25. The number of rotatable bonds is 5. The summed E-state index contributed by atoms with van der Waals surface area (Å²) in [7, 11) is 0. The third-order valence-electron chi connectivity index (χ3n) is 4.11. The Kier molecular flexibility index (Phi) is 5.46. The van der Waals surface area contributed by atoms with Gasteiger partial charge >= 0.3 is 0 Å². The molecule has 1 N–H and O–H groups in total. The zero-order valence-electron chi connectivity index (χ0n) is 14.6. The van der Waals surface area contributed by atoms with Crippen LogP contribution >= 0.6 is 22.9 Å². The van der Waals surface area contributed by atoms with E-state index < -0.39 is 5.82 Å². The summed E-state index contributed by atoms with van der Waals surface area (Å²) in [6, 6.07) is 22.5. The monoisotopic (exact) mass is 407 g/mol. The molecular formula is C22H15ClFN3S. The van der Waals surface area contributed by atoms with Gasteiger partial charge in [-0.05, 0) is 28.8 Å². The van der Waals surface area contributed by atoms with Gasteiger partial charge < -0.3 is 0 Å². The molecule has 1 heterocycles. The number of hydrogen-bond donors (Lipinski definition) is 1. The molecule has 0 amide bonds. The van der Waals surface area contributed by atoms with Gasteiger partial charge in [-0.25, -0.2) is 9.37 Å². The van der Waals surface area contributed by atoms with Crippen LogP contribution in [0.3, 0.4) is 0 Å². The van der Waals surface area contributed by atoms with Gasteiger partial charge in [-0.15, -0.1) is 11.3 Å². The Morgan fingerprint density at radius 1 is 0.929 bits per heavy atom. The van der Waals surface area contributed by atoms with Crippen molar-refractivity contribution in [3.8, 4) is 22.4 Å². The Morgan fingerprint density at radius 3 is 2.43 bits per heavy atom. The van der Waals surface area contributed by atoms with E-state index in [-0.39, 0.29) is 5.02 Å². The summed E-state index contributed by atoms with van der Waals surface area (Å²) >= 11 is 7.23. The molecule has 0 aliphatic heterocycles. The second-order valence-corrected chi connectivity index (χ2v) is 7.29. The molecule has 28 heavy (non-hydrogen) atoms. The van der Waals surface area contributed by atoms with Crippen molar-refractivity contribution in [1.29, 1.82) is 0 Å². The van der Waals surface area contributed by atoms with Gasteiger partial charge in [0.2, 0.25) is 5.13 Å². The summed E-state index contributed by atoms with van der Waals surface area (Å²) in [6.45, 7) is 0. The first-order valence-electron chi connectivity index (χ1n) is 8.54. The highest BCUT2D eigenvalue weighted by atomic mass is 35.5. The van der Waals surface area contributed by atoms with Crippen molar-refractivity contribution in [2.24, 2.45) is 5.10 Å². The predicted molar refractivity (Wildman–Crippen MR) is 116 cm³/mol. The van der Waals surface area contributed by atoms with E-state index in [0.29, 0.717) is 0 Å². The van der Waals surface area contributed by atoms with Crippen molar-refractivity contribution in [3.63, 3.8) is 0 Å². The Balaban J connectivity index is 1.41. The Labute approximate surface area is 171 Å². The van der Waals surface area contributed by atoms with Crippen LogP contribution in [0.15, 0.2) is 83.3 Å². The molecule has 0 atom stereocenters. The zero-order valence-corrected chi connectivity index (χ0v) is 16.2. The molecule has 4 rings (SSSR count). The fraction of sp³-hybridized carbons (Fsp3) is 0. The lowest BCUT2D eigenvalue weighted by atomic mass is 10.0. The first-order valence-corrected chi connectivity index (χ1v) is 9.80. The summed E-state index contributed by atoms with van der Waals surface area (Å²) in [4.78, 5) is 4.53. The van der Waals surface area contributed by atoms with Gasteiger partial charge in [0.15, 0.2) is 0 Å². The lowest BCUT2D eigenvalue weighted by Crippen LogP contribution is -1.90. The second-order valence-electron chi connectivity index (χ2n) is 6.02. The van der Waals surface area contributed by atoms with Crippen LogP contribution in [0.4, 0.5) is 9.52 Å². The highest BCUT2D eigenvalue weighted by molar-refractivity contribution is 7.14. The highest BCUT2D eigenvalue weighted by Gasteiger charge is 2.04. The second kappa shape index (κ2) is 8.33. The zero-order chi connectivity index (χ0) is 19.3. The van der Waals surface area contributed by atoms with Gasteiger partial charge in [0.25, 0.3) is 0 Å². The van der Waals surface area contributed by atoms with Gasteiger partial charge in [-0.3, -0.25) is 5.43 Å². The van der Waals surface area contributed by atoms with E-state index in [0.717, 1.165) is 33.1 Å². The number of nitrogens with one attached hydrogen (secondary N) is 1. The molecule has 3 aromatic carbocycles. The van der Waals surface area contributed by atoms with E-state index >= 15 is 0 Å². The largest absolute Gasteiger partial charge is 0.253 e. The lowest BCUT2D eigenvalue weighted by molar-refractivity contribution is 0.629. The van der Waals surface area contributed by atoms with Gasteiger partial charge in [0.05, 0.1) is 16.9 Å². The molecule has 0 aliphatic rings. The molecule has 0 saturated carbocycles. The maximum Gasteiger partial charge on any atom is 0.203 e. The molecule has 4 aromatic rings. The SMILES string of the molecule is Fc1cc(-c2ccc(C=NNc3nc(-c4ccccc4)cs3)cc2)ccc1Cl. The molecule has 0 spiro atoms. The van der Waals surface area contributed by atoms with Crippen LogP contribution in [0, 0.1) is 5.82 Å². The lowest BCUT2D eigenvalue weighted by Gasteiger charge is -2.03. The number of thiazole rings is 1. The van der Waals surface area contributed by atoms with Crippen LogP contribution in [0.25, 0.3) is 22.4 Å². The van der Waals surface area contributed by atoms with Crippen molar-refractivity contribution >= 4 is 34.3 Å². The standard InChI is InChI=1S/C22H15ClFN3S/c23-19-11-10-18(12-20(19)24)16-8-6-15(7-9-16)13-25-27-22-26-21(14-28-22)17-4-2-1-3-5-17/h1-14H,(H,26,27). The van der Waals surface area contributed by atoms with Crippen LogP contribution < -0.4 is 5.43 Å². The number of hydrazone groups is 1. The van der Waals surface area contributed by atoms with Gasteiger partial charge in [0, 0.05) is 10.9 Å². The fourth-order valence-corrected chi connectivity index (χ4v) is 3.45. The quantitative estimate of drug-likeness (QED) is 0.294. The minimum absolute atomic E-state index is 0.121. The van der Waals surface area contributed by atoms with Crippen molar-refractivity contribution in [3.05, 3.63) is 94.6 Å². The minimum Gasteiger partial charge on any atom is -0.253 e. The molecule has 0 unspecified atom stereocenters. The molecule has 3 nitrogen and oxygen atoms in total. The van der Waals surface area contributed by atoms with E-state index in [2.05, 4.69) is 15.5 Å². The molecule has 1 aromatic heterocycles. The maximum atomic E-state index is 13.6. The van der Waals surface area contributed by atoms with E-state index in [4.69, 9.17) is 11.6 Å². The smallest absolute Gasteiger partial charge is 0.203 e. The van der Waals surface area contributed by atoms with E-state index in [9.17, 15) is 4.39 Å². The first-order chi connectivity index (χ1) is 13.7. The Hall–Kier alpha value is -3.02. The van der Waals surface area contributed by atoms with Crippen molar-refractivity contribution in [2.45, 2.75) is 0 Å². The summed E-state index contributed by atoms with van der Waals surface area (Å²) in [5.74, 6) is -0.424. The topological polar surface area (TPSA) is 37.3 Å². The van der Waals surface area contributed by atoms with Crippen LogP contribution in [0.5, 0.6) is 0 Å². The number of nitrogens with zero attached hydrogens (tertiary/aromatic N) is 2. The van der Waals surface area contributed by atoms with Gasteiger partial charge in [-0.2, -0.15) is 5.10 Å². The van der Waals surface area contributed by atoms with Crippen molar-refractivity contribution in [1.82, 2.24) is 4.98 Å². The maximum absolute atomic E-state index is 13.6. The fourth-order valence-electron chi connectivity index (χ4n) is 2.67. The van der Waals surface area contributed by atoms with E-state index in [1.54, 1.807) is 18.3 Å². The molecule has 0 bridgehead atoms. The number of anilines is 1. The van der Waals surface area contributed by atoms with Crippen LogP contribution in [0.1, 0.15) is 5.56 Å². The number of hydrogen-bond acceptors (Lipinski definition) is 4. The summed E-state index contributed by atoms with van der Waals surface area (Å²) < 4.78 is 13.6. The van der Waals surface area contributed by atoms with Gasteiger partial charge in [0.1, 0.15) is 5.82 Å². The Morgan fingerprint density at radius 2 is 1.68 bits per heavy atom. The normalized spacial score (nSPS) is 11.1. The summed E-state index contributed by atoms with van der Waals surface area (Å²) in [5, 5.41) is 7.08.